The Balaban J connectivity index is 1.93. The molecule has 0 unspecified atom stereocenters. The molecule has 0 fully saturated rings. The predicted molar refractivity (Wildman–Crippen MR) is 117 cm³/mol. The minimum atomic E-state index is -3.74. The van der Waals surface area contributed by atoms with Crippen molar-refractivity contribution in [1.82, 2.24) is 19.5 Å². The second kappa shape index (κ2) is 10.9. The number of sulfonamides is 1. The predicted octanol–water partition coefficient (Wildman–Crippen LogP) is 0.733. The van der Waals surface area contributed by atoms with Crippen molar-refractivity contribution in [3.63, 3.8) is 0 Å². The summed E-state index contributed by atoms with van der Waals surface area (Å²) in [5.41, 5.74) is 1.02. The molecule has 1 heterocycles. The molecule has 1 aromatic carbocycles. The van der Waals surface area contributed by atoms with Gasteiger partial charge in [0, 0.05) is 44.0 Å². The van der Waals surface area contributed by atoms with Crippen LogP contribution in [0.1, 0.15) is 29.8 Å². The van der Waals surface area contributed by atoms with Crippen LogP contribution in [0.2, 0.25) is 0 Å². The van der Waals surface area contributed by atoms with Crippen LogP contribution in [0, 0.1) is 6.92 Å². The van der Waals surface area contributed by atoms with E-state index in [9.17, 15) is 22.8 Å². The summed E-state index contributed by atoms with van der Waals surface area (Å²) in [4.78, 5) is 36.3. The van der Waals surface area contributed by atoms with E-state index in [0.29, 0.717) is 18.7 Å². The molecule has 0 aliphatic rings. The monoisotopic (exact) mass is 448 g/mol. The third-order valence-corrected chi connectivity index (χ3v) is 6.66. The van der Waals surface area contributed by atoms with E-state index in [1.54, 1.807) is 32.0 Å². The van der Waals surface area contributed by atoms with E-state index in [2.05, 4.69) is 10.6 Å². The lowest BCUT2D eigenvalue weighted by atomic mass is 10.1. The summed E-state index contributed by atoms with van der Waals surface area (Å²) in [5, 5.41) is 5.31. The Morgan fingerprint density at radius 1 is 1.03 bits per heavy atom. The molecule has 0 saturated carbocycles. The normalized spacial score (nSPS) is 11.4. The summed E-state index contributed by atoms with van der Waals surface area (Å²) in [6.45, 7) is 5.99. The lowest BCUT2D eigenvalue weighted by Crippen LogP contribution is -2.38. The number of nitrogens with zero attached hydrogens (tertiary/aromatic N) is 2. The average molecular weight is 449 g/mol. The van der Waals surface area contributed by atoms with Gasteiger partial charge in [-0.25, -0.2) is 8.42 Å². The van der Waals surface area contributed by atoms with E-state index in [-0.39, 0.29) is 30.4 Å². The van der Waals surface area contributed by atoms with Crippen molar-refractivity contribution < 1.29 is 18.0 Å². The lowest BCUT2D eigenvalue weighted by Gasteiger charge is -2.19. The Hall–Kier alpha value is -2.98. The Morgan fingerprint density at radius 3 is 2.35 bits per heavy atom. The van der Waals surface area contributed by atoms with Gasteiger partial charge < -0.3 is 15.2 Å². The van der Waals surface area contributed by atoms with Crippen molar-refractivity contribution in [1.29, 1.82) is 0 Å². The molecule has 0 spiro atoms. The molecule has 2 rings (SSSR count). The fourth-order valence-corrected chi connectivity index (χ4v) is 4.45. The highest BCUT2D eigenvalue weighted by Crippen LogP contribution is 2.13. The molecule has 0 radical (unpaired) electrons. The number of hydrogen-bond acceptors (Lipinski definition) is 5. The number of benzene rings is 1. The summed E-state index contributed by atoms with van der Waals surface area (Å²) in [7, 11) is -3.74. The summed E-state index contributed by atoms with van der Waals surface area (Å²) >= 11 is 0. The molecule has 1 aromatic heterocycles. The molecule has 9 nitrogen and oxygen atoms in total. The standard InChI is InChI=1S/C21H28N4O5S/c1-4-25(5-2)31(29,30)18-9-10-20(27)24(14-18)15-19(26)22-11-12-23-21(28)17-8-6-7-16(3)13-17/h6-10,13-14H,4-5,11-12,15H2,1-3H3,(H,22,26)(H,23,28). The third kappa shape index (κ3) is 6.50. The molecule has 0 aliphatic heterocycles. The molecule has 2 aromatic rings. The van der Waals surface area contributed by atoms with Gasteiger partial charge in [0.25, 0.3) is 11.5 Å². The minimum Gasteiger partial charge on any atom is -0.353 e. The highest BCUT2D eigenvalue weighted by atomic mass is 32.2. The lowest BCUT2D eigenvalue weighted by molar-refractivity contribution is -0.121. The van der Waals surface area contributed by atoms with Crippen LogP contribution < -0.4 is 16.2 Å². The van der Waals surface area contributed by atoms with E-state index in [1.807, 2.05) is 13.0 Å². The fraction of sp³-hybridized carbons (Fsp3) is 0.381. The van der Waals surface area contributed by atoms with Crippen molar-refractivity contribution in [2.45, 2.75) is 32.2 Å². The van der Waals surface area contributed by atoms with Crippen LogP contribution in [-0.4, -0.2) is 55.3 Å². The van der Waals surface area contributed by atoms with Crippen LogP contribution in [-0.2, 0) is 21.4 Å². The number of rotatable bonds is 10. The van der Waals surface area contributed by atoms with Crippen LogP contribution in [0.5, 0.6) is 0 Å². The van der Waals surface area contributed by atoms with Crippen LogP contribution >= 0.6 is 0 Å². The van der Waals surface area contributed by atoms with Crippen LogP contribution in [0.25, 0.3) is 0 Å². The molecule has 2 amide bonds. The van der Waals surface area contributed by atoms with Gasteiger partial charge in [-0.3, -0.25) is 14.4 Å². The summed E-state index contributed by atoms with van der Waals surface area (Å²) in [6, 6.07) is 9.52. The minimum absolute atomic E-state index is 0.0472. The van der Waals surface area contributed by atoms with Gasteiger partial charge in [-0.2, -0.15) is 4.31 Å². The van der Waals surface area contributed by atoms with E-state index >= 15 is 0 Å². The van der Waals surface area contributed by atoms with Crippen molar-refractivity contribution in [3.05, 3.63) is 64.1 Å². The molecule has 31 heavy (non-hydrogen) atoms. The number of hydrogen-bond donors (Lipinski definition) is 2. The second-order valence-corrected chi connectivity index (χ2v) is 8.83. The summed E-state index contributed by atoms with van der Waals surface area (Å²) < 4.78 is 27.6. The van der Waals surface area contributed by atoms with Crippen LogP contribution in [0.4, 0.5) is 0 Å². The van der Waals surface area contributed by atoms with Gasteiger partial charge in [0.15, 0.2) is 0 Å². The van der Waals surface area contributed by atoms with Crippen molar-refractivity contribution in [3.8, 4) is 0 Å². The maximum Gasteiger partial charge on any atom is 0.251 e. The maximum atomic E-state index is 12.6. The van der Waals surface area contributed by atoms with Gasteiger partial charge in [0.05, 0.1) is 4.90 Å². The Labute approximate surface area is 182 Å². The summed E-state index contributed by atoms with van der Waals surface area (Å²) in [6.07, 6.45) is 1.18. The zero-order valence-electron chi connectivity index (χ0n) is 17.9. The first-order valence-corrected chi connectivity index (χ1v) is 11.4. The third-order valence-electron chi connectivity index (χ3n) is 4.63. The number of carbonyl (C=O) groups excluding carboxylic acids is 2. The maximum absolute atomic E-state index is 12.6. The highest BCUT2D eigenvalue weighted by molar-refractivity contribution is 7.89. The van der Waals surface area contributed by atoms with Crippen molar-refractivity contribution in [2.75, 3.05) is 26.2 Å². The van der Waals surface area contributed by atoms with Gasteiger partial charge in [-0.1, -0.05) is 31.5 Å². The van der Waals surface area contributed by atoms with E-state index in [4.69, 9.17) is 0 Å². The highest BCUT2D eigenvalue weighted by Gasteiger charge is 2.22. The summed E-state index contributed by atoms with van der Waals surface area (Å²) in [5.74, 6) is -0.715. The molecule has 10 heteroatoms. The molecule has 0 aliphatic carbocycles. The average Bonchev–Trinajstić information content (AvgIpc) is 2.73. The Bertz CT molecular complexity index is 1090. The number of nitrogens with one attached hydrogen (secondary N) is 2. The SMILES string of the molecule is CCN(CC)S(=O)(=O)c1ccc(=O)n(CC(=O)NCCNC(=O)c2cccc(C)c2)c1. The first-order valence-electron chi connectivity index (χ1n) is 10.0. The number of aromatic nitrogens is 1. The number of carbonyl (C=O) groups is 2. The molecule has 0 atom stereocenters. The second-order valence-electron chi connectivity index (χ2n) is 6.90. The molecule has 168 valence electrons. The van der Waals surface area contributed by atoms with Gasteiger partial charge >= 0.3 is 0 Å². The van der Waals surface area contributed by atoms with Gasteiger partial charge in [-0.05, 0) is 25.1 Å². The van der Waals surface area contributed by atoms with Gasteiger partial charge in [0.1, 0.15) is 6.54 Å². The first kappa shape index (κ1) is 24.3. The van der Waals surface area contributed by atoms with Crippen molar-refractivity contribution in [2.24, 2.45) is 0 Å². The molecular weight excluding hydrogens is 420 g/mol. The van der Waals surface area contributed by atoms with E-state index in [0.717, 1.165) is 16.2 Å². The Kier molecular flexibility index (Phi) is 8.52. The first-order chi connectivity index (χ1) is 14.7. The van der Waals surface area contributed by atoms with Crippen LogP contribution in [0.15, 0.2) is 52.3 Å². The van der Waals surface area contributed by atoms with Crippen molar-refractivity contribution >= 4 is 21.8 Å². The largest absolute Gasteiger partial charge is 0.353 e. The van der Waals surface area contributed by atoms with Gasteiger partial charge in [-0.15, -0.1) is 0 Å². The zero-order chi connectivity index (χ0) is 23.0. The molecule has 0 saturated heterocycles. The van der Waals surface area contributed by atoms with E-state index in [1.165, 1.54) is 16.6 Å². The molecule has 0 bridgehead atoms. The van der Waals surface area contributed by atoms with Gasteiger partial charge in [0.2, 0.25) is 15.9 Å². The van der Waals surface area contributed by atoms with Crippen LogP contribution in [0.3, 0.4) is 0 Å². The topological polar surface area (TPSA) is 118 Å². The zero-order valence-corrected chi connectivity index (χ0v) is 18.7. The molecular formula is C21H28N4O5S. The smallest absolute Gasteiger partial charge is 0.251 e. The number of amides is 2. The van der Waals surface area contributed by atoms with E-state index < -0.39 is 21.5 Å². The number of pyridine rings is 1. The number of aryl methyl sites for hydroxylation is 1. The fourth-order valence-electron chi connectivity index (χ4n) is 2.98. The Morgan fingerprint density at radius 2 is 1.71 bits per heavy atom. The quantitative estimate of drug-likeness (QED) is 0.520. The molecule has 2 N–H and O–H groups in total.